The average Bonchev–Trinajstić information content (AvgIpc) is 3.56. The van der Waals surface area contributed by atoms with E-state index in [1.54, 1.807) is 23.1 Å². The van der Waals surface area contributed by atoms with Crippen molar-refractivity contribution >= 4 is 50.7 Å². The molecule has 3 heterocycles. The van der Waals surface area contributed by atoms with Crippen molar-refractivity contribution in [2.24, 2.45) is 5.92 Å². The molecule has 0 radical (unpaired) electrons. The van der Waals surface area contributed by atoms with Crippen molar-refractivity contribution in [2.45, 2.75) is 67.7 Å². The molecular formula is C34H46N4S2. The molecule has 1 unspecified atom stereocenters. The quantitative estimate of drug-likeness (QED) is 0.185. The Balaban J connectivity index is 0.000000275. The molecule has 0 saturated carbocycles. The van der Waals surface area contributed by atoms with Crippen molar-refractivity contribution in [2.75, 3.05) is 11.1 Å². The predicted octanol–water partition coefficient (Wildman–Crippen LogP) is 10.7. The van der Waals surface area contributed by atoms with Crippen LogP contribution in [0.2, 0.25) is 0 Å². The number of thioether (sulfide) groups is 1. The Labute approximate surface area is 250 Å². The van der Waals surface area contributed by atoms with Gasteiger partial charge in [-0.1, -0.05) is 83.7 Å². The Morgan fingerprint density at radius 2 is 1.90 bits per heavy atom. The molecule has 1 aromatic carbocycles. The van der Waals surface area contributed by atoms with Crippen molar-refractivity contribution in [3.05, 3.63) is 106 Å². The summed E-state index contributed by atoms with van der Waals surface area (Å²) in [5.74, 6) is 0.729. The maximum atomic E-state index is 5.85. The molecular weight excluding hydrogens is 529 g/mol. The molecule has 0 fully saturated rings. The molecule has 0 amide bonds. The summed E-state index contributed by atoms with van der Waals surface area (Å²) >= 11 is 3.42. The van der Waals surface area contributed by atoms with Gasteiger partial charge in [0.15, 0.2) is 0 Å². The highest BCUT2D eigenvalue weighted by Crippen LogP contribution is 2.33. The van der Waals surface area contributed by atoms with Crippen molar-refractivity contribution in [3.63, 3.8) is 0 Å². The van der Waals surface area contributed by atoms with Crippen LogP contribution >= 0.6 is 23.1 Å². The van der Waals surface area contributed by atoms with Gasteiger partial charge in [-0.05, 0) is 80.0 Å². The summed E-state index contributed by atoms with van der Waals surface area (Å²) in [6, 6.07) is 16.3. The molecule has 214 valence electrons. The van der Waals surface area contributed by atoms with Gasteiger partial charge in [0.05, 0.1) is 28.1 Å². The third-order valence-electron chi connectivity index (χ3n) is 6.03. The molecule has 0 aliphatic rings. The van der Waals surface area contributed by atoms with E-state index in [9.17, 15) is 0 Å². The fourth-order valence-corrected chi connectivity index (χ4v) is 5.75. The first-order chi connectivity index (χ1) is 19.2. The zero-order chi connectivity index (χ0) is 29.7. The van der Waals surface area contributed by atoms with E-state index in [0.717, 1.165) is 50.5 Å². The minimum atomic E-state index is 0.729. The summed E-state index contributed by atoms with van der Waals surface area (Å²) < 4.78 is 2.17. The molecule has 6 heteroatoms. The number of aryl methyl sites for hydroxylation is 1. The second-order valence-electron chi connectivity index (χ2n) is 9.56. The normalized spacial score (nSPS) is 11.6. The maximum Gasteiger partial charge on any atom is 0.137 e. The fraction of sp³-hybridized carbons (Fsp3) is 0.324. The number of anilines is 2. The fourth-order valence-electron chi connectivity index (χ4n) is 4.21. The second kappa shape index (κ2) is 16.8. The zero-order valence-corrected chi connectivity index (χ0v) is 26.9. The van der Waals surface area contributed by atoms with Gasteiger partial charge in [-0.15, -0.1) is 11.3 Å². The van der Waals surface area contributed by atoms with E-state index in [1.165, 1.54) is 28.2 Å². The number of allylic oxidation sites excluding steroid dienone is 2. The first kappa shape index (κ1) is 33.0. The molecule has 0 saturated heterocycles. The van der Waals surface area contributed by atoms with Crippen molar-refractivity contribution < 1.29 is 0 Å². The van der Waals surface area contributed by atoms with Gasteiger partial charge in [0.1, 0.15) is 5.65 Å². The standard InChI is InChI=1S/C19H26N2S.C13H14N2S.C2H6/c1-6-8-15(5)11-16-9-10-21-17(13-20-19(21)12-16)18(7-2)22-14(3)4;1-9-7-8-13(16-9)10(2)15-12-6-4-3-5-11(12)14;1-2/h7,9-10,12-13,15H,3,6,8,11H2,1-2,4-5H3;3-8,15H,2,14H2,1H3;1-2H3/b18-7-;;. The molecule has 0 aliphatic carbocycles. The van der Waals surface area contributed by atoms with E-state index in [2.05, 4.69) is 92.1 Å². The molecule has 3 aromatic heterocycles. The SMILES string of the molecule is C=C(C)S/C(=C\C)c1cnc2cc(CC(C)CCC)ccn12.C=C(Nc1ccccc1N)c1ccc(C)s1.CC. The van der Waals surface area contributed by atoms with Crippen LogP contribution in [0.1, 0.15) is 75.4 Å². The molecule has 3 N–H and O–H groups in total. The molecule has 0 bridgehead atoms. The number of nitrogen functional groups attached to an aromatic ring is 1. The number of aromatic nitrogens is 2. The lowest BCUT2D eigenvalue weighted by atomic mass is 9.98. The minimum absolute atomic E-state index is 0.729. The van der Waals surface area contributed by atoms with Crippen molar-refractivity contribution in [3.8, 4) is 0 Å². The summed E-state index contributed by atoms with van der Waals surface area (Å²) in [5.41, 5.74) is 11.9. The molecule has 4 nitrogen and oxygen atoms in total. The zero-order valence-electron chi connectivity index (χ0n) is 25.3. The van der Waals surface area contributed by atoms with Crippen LogP contribution in [0.4, 0.5) is 11.4 Å². The monoisotopic (exact) mass is 574 g/mol. The Kier molecular flexibility index (Phi) is 13.8. The summed E-state index contributed by atoms with van der Waals surface area (Å²) in [6.07, 6.45) is 9.89. The van der Waals surface area contributed by atoms with E-state index in [-0.39, 0.29) is 0 Å². The van der Waals surface area contributed by atoms with Crippen LogP contribution in [0, 0.1) is 12.8 Å². The summed E-state index contributed by atoms with van der Waals surface area (Å²) in [5, 5.41) is 3.23. The van der Waals surface area contributed by atoms with Crippen LogP contribution in [0.3, 0.4) is 0 Å². The number of imidazole rings is 1. The lowest BCUT2D eigenvalue weighted by Crippen LogP contribution is -2.00. The summed E-state index contributed by atoms with van der Waals surface area (Å²) in [7, 11) is 0. The highest BCUT2D eigenvalue weighted by molar-refractivity contribution is 8.11. The number of hydrogen-bond acceptors (Lipinski definition) is 5. The number of rotatable bonds is 10. The van der Waals surface area contributed by atoms with E-state index < -0.39 is 0 Å². The third kappa shape index (κ3) is 9.76. The molecule has 4 rings (SSSR count). The van der Waals surface area contributed by atoms with Crippen LogP contribution in [-0.4, -0.2) is 9.38 Å². The van der Waals surface area contributed by atoms with E-state index in [4.69, 9.17) is 5.73 Å². The number of nitrogens with two attached hydrogens (primary N) is 1. The molecule has 0 spiro atoms. The van der Waals surface area contributed by atoms with Gasteiger partial charge < -0.3 is 11.1 Å². The second-order valence-corrected chi connectivity index (χ2v) is 12.2. The number of nitrogens with one attached hydrogen (secondary N) is 1. The van der Waals surface area contributed by atoms with Gasteiger partial charge >= 0.3 is 0 Å². The van der Waals surface area contributed by atoms with Gasteiger partial charge in [0.2, 0.25) is 0 Å². The highest BCUT2D eigenvalue weighted by atomic mass is 32.2. The van der Waals surface area contributed by atoms with Crippen LogP contribution in [-0.2, 0) is 6.42 Å². The third-order valence-corrected chi connectivity index (χ3v) is 8.10. The minimum Gasteiger partial charge on any atom is -0.397 e. The Hall–Kier alpha value is -3.22. The van der Waals surface area contributed by atoms with E-state index >= 15 is 0 Å². The highest BCUT2D eigenvalue weighted by Gasteiger charge is 2.11. The Bertz CT molecular complexity index is 1410. The Morgan fingerprint density at radius 1 is 1.18 bits per heavy atom. The van der Waals surface area contributed by atoms with Crippen molar-refractivity contribution in [1.82, 2.24) is 9.38 Å². The summed E-state index contributed by atoms with van der Waals surface area (Å²) in [6.45, 7) is 22.8. The van der Waals surface area contributed by atoms with Gasteiger partial charge in [-0.3, -0.25) is 4.40 Å². The van der Waals surface area contributed by atoms with Crippen molar-refractivity contribution in [1.29, 1.82) is 0 Å². The topological polar surface area (TPSA) is 55.3 Å². The predicted molar refractivity (Wildman–Crippen MR) is 183 cm³/mol. The lowest BCUT2D eigenvalue weighted by molar-refractivity contribution is 0.522. The number of fused-ring (bicyclic) bond motifs is 1. The number of para-hydroxylation sites is 2. The number of hydrogen-bond donors (Lipinski definition) is 2. The van der Waals surface area contributed by atoms with Crippen LogP contribution in [0.15, 0.2) is 85.1 Å². The molecule has 1 atom stereocenters. The lowest BCUT2D eigenvalue weighted by Gasteiger charge is -2.11. The maximum absolute atomic E-state index is 5.85. The summed E-state index contributed by atoms with van der Waals surface area (Å²) in [4.78, 5) is 9.30. The van der Waals surface area contributed by atoms with E-state index in [0.29, 0.717) is 0 Å². The smallest absolute Gasteiger partial charge is 0.137 e. The number of thiophene rings is 1. The first-order valence-corrected chi connectivity index (χ1v) is 15.7. The van der Waals surface area contributed by atoms with Gasteiger partial charge in [0.25, 0.3) is 0 Å². The van der Waals surface area contributed by atoms with Crippen LogP contribution in [0.5, 0.6) is 0 Å². The van der Waals surface area contributed by atoms with Gasteiger partial charge in [0, 0.05) is 21.7 Å². The number of nitrogens with zero attached hydrogens (tertiary/aromatic N) is 2. The number of benzene rings is 1. The number of pyridine rings is 1. The molecule has 0 aliphatic heterocycles. The van der Waals surface area contributed by atoms with Crippen LogP contribution < -0.4 is 11.1 Å². The largest absolute Gasteiger partial charge is 0.397 e. The average molecular weight is 575 g/mol. The molecule has 40 heavy (non-hydrogen) atoms. The van der Waals surface area contributed by atoms with Crippen LogP contribution in [0.25, 0.3) is 16.2 Å². The van der Waals surface area contributed by atoms with E-state index in [1.807, 2.05) is 51.2 Å². The van der Waals surface area contributed by atoms with Gasteiger partial charge in [-0.25, -0.2) is 4.98 Å². The first-order valence-electron chi connectivity index (χ1n) is 14.0. The molecule has 4 aromatic rings. The van der Waals surface area contributed by atoms with Gasteiger partial charge in [-0.2, -0.15) is 0 Å². The Morgan fingerprint density at radius 3 is 2.50 bits per heavy atom.